The quantitative estimate of drug-likeness (QED) is 0.634. The SMILES string of the molecule is CCCNCc1ccc(CN2CC=CCC2)c(Br)c1. The van der Waals surface area contributed by atoms with Crippen LogP contribution < -0.4 is 5.32 Å². The molecule has 2 rings (SSSR count). The third-order valence-corrected chi connectivity index (χ3v) is 4.15. The molecule has 1 aliphatic rings. The minimum Gasteiger partial charge on any atom is -0.313 e. The summed E-state index contributed by atoms with van der Waals surface area (Å²) in [6.07, 6.45) is 6.90. The summed E-state index contributed by atoms with van der Waals surface area (Å²) in [5.41, 5.74) is 2.73. The van der Waals surface area contributed by atoms with Gasteiger partial charge in [-0.2, -0.15) is 0 Å². The summed E-state index contributed by atoms with van der Waals surface area (Å²) in [6, 6.07) is 6.74. The number of hydrogen-bond acceptors (Lipinski definition) is 2. The van der Waals surface area contributed by atoms with E-state index >= 15 is 0 Å². The highest BCUT2D eigenvalue weighted by Crippen LogP contribution is 2.21. The molecule has 0 saturated heterocycles. The molecule has 0 fully saturated rings. The number of halogens is 1. The molecule has 0 spiro atoms. The lowest BCUT2D eigenvalue weighted by Crippen LogP contribution is -2.26. The zero-order valence-electron chi connectivity index (χ0n) is 11.7. The van der Waals surface area contributed by atoms with E-state index in [1.165, 1.54) is 35.0 Å². The highest BCUT2D eigenvalue weighted by atomic mass is 79.9. The van der Waals surface area contributed by atoms with E-state index in [9.17, 15) is 0 Å². The molecule has 2 nitrogen and oxygen atoms in total. The topological polar surface area (TPSA) is 15.3 Å². The van der Waals surface area contributed by atoms with E-state index in [1.54, 1.807) is 0 Å². The van der Waals surface area contributed by atoms with Crippen LogP contribution in [0.4, 0.5) is 0 Å². The van der Waals surface area contributed by atoms with Crippen LogP contribution in [-0.2, 0) is 13.1 Å². The van der Waals surface area contributed by atoms with Gasteiger partial charge in [-0.3, -0.25) is 4.90 Å². The highest BCUT2D eigenvalue weighted by molar-refractivity contribution is 9.10. The smallest absolute Gasteiger partial charge is 0.0248 e. The number of benzene rings is 1. The zero-order valence-corrected chi connectivity index (χ0v) is 13.2. The van der Waals surface area contributed by atoms with E-state index < -0.39 is 0 Å². The minimum atomic E-state index is 0.958. The van der Waals surface area contributed by atoms with Crippen molar-refractivity contribution in [2.45, 2.75) is 32.9 Å². The zero-order chi connectivity index (χ0) is 13.5. The Labute approximate surface area is 125 Å². The van der Waals surface area contributed by atoms with Crippen LogP contribution in [0.1, 0.15) is 30.9 Å². The van der Waals surface area contributed by atoms with E-state index in [-0.39, 0.29) is 0 Å². The number of rotatable bonds is 6. The van der Waals surface area contributed by atoms with Gasteiger partial charge in [0.15, 0.2) is 0 Å². The number of hydrogen-bond donors (Lipinski definition) is 1. The third kappa shape index (κ3) is 4.75. The standard InChI is InChI=1S/C16H23BrN2/c1-2-8-18-12-14-6-7-15(16(17)11-14)13-19-9-4-3-5-10-19/h3-4,6-7,11,18H,2,5,8-10,12-13H2,1H3. The summed E-state index contributed by atoms with van der Waals surface area (Å²) in [7, 11) is 0. The van der Waals surface area contributed by atoms with Crippen molar-refractivity contribution in [3.63, 3.8) is 0 Å². The molecule has 0 bridgehead atoms. The number of nitrogens with one attached hydrogen (secondary N) is 1. The van der Waals surface area contributed by atoms with Crippen LogP contribution in [0.2, 0.25) is 0 Å². The normalized spacial score (nSPS) is 15.9. The van der Waals surface area contributed by atoms with Gasteiger partial charge in [0.1, 0.15) is 0 Å². The van der Waals surface area contributed by atoms with Gasteiger partial charge in [0.2, 0.25) is 0 Å². The van der Waals surface area contributed by atoms with E-state index in [1.807, 2.05) is 0 Å². The van der Waals surface area contributed by atoms with Gasteiger partial charge in [-0.1, -0.05) is 47.1 Å². The lowest BCUT2D eigenvalue weighted by atomic mass is 10.1. The van der Waals surface area contributed by atoms with Crippen molar-refractivity contribution in [1.82, 2.24) is 10.2 Å². The first-order valence-electron chi connectivity index (χ1n) is 7.15. The maximum atomic E-state index is 3.71. The Morgan fingerprint density at radius 2 is 2.21 bits per heavy atom. The molecule has 1 heterocycles. The first kappa shape index (κ1) is 14.8. The van der Waals surface area contributed by atoms with Crippen molar-refractivity contribution in [3.05, 3.63) is 46.0 Å². The average molecular weight is 323 g/mol. The first-order chi connectivity index (χ1) is 9.29. The van der Waals surface area contributed by atoms with Crippen LogP contribution in [-0.4, -0.2) is 24.5 Å². The molecule has 0 saturated carbocycles. The Morgan fingerprint density at radius 3 is 2.89 bits per heavy atom. The molecule has 1 N–H and O–H groups in total. The van der Waals surface area contributed by atoms with Crippen molar-refractivity contribution >= 4 is 15.9 Å². The molecule has 0 atom stereocenters. The molecule has 0 unspecified atom stereocenters. The summed E-state index contributed by atoms with van der Waals surface area (Å²) >= 11 is 3.71. The largest absolute Gasteiger partial charge is 0.313 e. The minimum absolute atomic E-state index is 0.958. The highest BCUT2D eigenvalue weighted by Gasteiger charge is 2.09. The van der Waals surface area contributed by atoms with Crippen molar-refractivity contribution in [2.24, 2.45) is 0 Å². The molecule has 0 amide bonds. The third-order valence-electron chi connectivity index (χ3n) is 3.41. The van der Waals surface area contributed by atoms with Crippen molar-refractivity contribution in [3.8, 4) is 0 Å². The van der Waals surface area contributed by atoms with Crippen LogP contribution in [0.5, 0.6) is 0 Å². The predicted molar refractivity (Wildman–Crippen MR) is 85.2 cm³/mol. The molecular formula is C16H23BrN2. The van der Waals surface area contributed by atoms with Gasteiger partial charge in [-0.25, -0.2) is 0 Å². The summed E-state index contributed by atoms with van der Waals surface area (Å²) < 4.78 is 1.23. The van der Waals surface area contributed by atoms with Crippen LogP contribution in [0.25, 0.3) is 0 Å². The molecular weight excluding hydrogens is 300 g/mol. The molecule has 0 aliphatic carbocycles. The van der Waals surface area contributed by atoms with Gasteiger partial charge in [0, 0.05) is 30.7 Å². The molecule has 104 valence electrons. The van der Waals surface area contributed by atoms with Crippen molar-refractivity contribution in [1.29, 1.82) is 0 Å². The second-order valence-corrected chi connectivity index (χ2v) is 5.95. The Balaban J connectivity index is 1.92. The van der Waals surface area contributed by atoms with Gasteiger partial charge < -0.3 is 5.32 Å². The maximum Gasteiger partial charge on any atom is 0.0248 e. The molecule has 1 aromatic rings. The number of nitrogens with zero attached hydrogens (tertiary/aromatic N) is 1. The fourth-order valence-corrected chi connectivity index (χ4v) is 2.86. The van der Waals surface area contributed by atoms with Gasteiger partial charge in [-0.05, 0) is 36.6 Å². The van der Waals surface area contributed by atoms with Crippen LogP contribution in [0.3, 0.4) is 0 Å². The summed E-state index contributed by atoms with van der Waals surface area (Å²) in [4.78, 5) is 2.48. The van der Waals surface area contributed by atoms with E-state index in [0.29, 0.717) is 0 Å². The molecule has 0 radical (unpaired) electrons. The first-order valence-corrected chi connectivity index (χ1v) is 7.94. The van der Waals surface area contributed by atoms with E-state index in [0.717, 1.165) is 26.2 Å². The Morgan fingerprint density at radius 1 is 1.32 bits per heavy atom. The maximum absolute atomic E-state index is 3.71. The fraction of sp³-hybridized carbons (Fsp3) is 0.500. The van der Waals surface area contributed by atoms with Gasteiger partial charge in [0.25, 0.3) is 0 Å². The molecule has 19 heavy (non-hydrogen) atoms. The van der Waals surface area contributed by atoms with E-state index in [2.05, 4.69) is 63.4 Å². The van der Waals surface area contributed by atoms with Crippen LogP contribution in [0.15, 0.2) is 34.8 Å². The van der Waals surface area contributed by atoms with Gasteiger partial charge in [0.05, 0.1) is 0 Å². The predicted octanol–water partition coefficient (Wildman–Crippen LogP) is 3.71. The monoisotopic (exact) mass is 322 g/mol. The van der Waals surface area contributed by atoms with Crippen LogP contribution in [0, 0.1) is 0 Å². The van der Waals surface area contributed by atoms with E-state index in [4.69, 9.17) is 0 Å². The second-order valence-electron chi connectivity index (χ2n) is 5.10. The lowest BCUT2D eigenvalue weighted by Gasteiger charge is -2.23. The average Bonchev–Trinajstić information content (AvgIpc) is 2.43. The lowest BCUT2D eigenvalue weighted by molar-refractivity contribution is 0.290. The fourth-order valence-electron chi connectivity index (χ4n) is 2.31. The Bertz CT molecular complexity index is 429. The van der Waals surface area contributed by atoms with Crippen LogP contribution >= 0.6 is 15.9 Å². The summed E-state index contributed by atoms with van der Waals surface area (Å²) in [5, 5.41) is 3.44. The molecule has 1 aromatic carbocycles. The molecule has 0 aromatic heterocycles. The summed E-state index contributed by atoms with van der Waals surface area (Å²) in [5.74, 6) is 0. The second kappa shape index (κ2) is 7.83. The summed E-state index contributed by atoms with van der Waals surface area (Å²) in [6.45, 7) is 7.51. The Hall–Kier alpha value is -0.640. The van der Waals surface area contributed by atoms with Gasteiger partial charge in [-0.15, -0.1) is 0 Å². The Kier molecular flexibility index (Phi) is 6.08. The van der Waals surface area contributed by atoms with Crippen molar-refractivity contribution < 1.29 is 0 Å². The van der Waals surface area contributed by atoms with Gasteiger partial charge >= 0.3 is 0 Å². The molecule has 1 aliphatic heterocycles. The molecule has 3 heteroatoms. The van der Waals surface area contributed by atoms with Crippen molar-refractivity contribution in [2.75, 3.05) is 19.6 Å².